The van der Waals surface area contributed by atoms with Crippen molar-refractivity contribution in [1.29, 1.82) is 0 Å². The molecule has 2 saturated heterocycles. The second kappa shape index (κ2) is 12.0. The SMILES string of the molecule is O=C(O)C(CC1CC1)N1CC(CN2CCC(CCS(=O)(=O)c3ccc(F)cc3)CC2)C(c2cccc(F)c2)C1. The predicted octanol–water partition coefficient (Wildman–Crippen LogP) is 4.81. The van der Waals surface area contributed by atoms with Crippen molar-refractivity contribution in [1.82, 2.24) is 9.80 Å². The molecule has 9 heteroatoms. The number of carboxylic acids is 1. The monoisotopic (exact) mass is 560 g/mol. The molecule has 0 aromatic heterocycles. The Balaban J connectivity index is 1.18. The Hall–Kier alpha value is -2.36. The number of carboxylic acid groups (broad SMARTS) is 1. The van der Waals surface area contributed by atoms with Gasteiger partial charge in [-0.1, -0.05) is 25.0 Å². The number of halogens is 2. The molecule has 3 aliphatic rings. The van der Waals surface area contributed by atoms with Crippen LogP contribution in [0.15, 0.2) is 53.4 Å². The predicted molar refractivity (Wildman–Crippen MR) is 145 cm³/mol. The summed E-state index contributed by atoms with van der Waals surface area (Å²) in [4.78, 5) is 16.8. The molecular formula is C30H38F2N2O4S. The van der Waals surface area contributed by atoms with E-state index >= 15 is 0 Å². The first kappa shape index (κ1) is 28.2. The van der Waals surface area contributed by atoms with E-state index in [2.05, 4.69) is 9.80 Å². The van der Waals surface area contributed by atoms with Crippen molar-refractivity contribution in [3.8, 4) is 0 Å². The first-order valence-corrected chi connectivity index (χ1v) is 15.8. The summed E-state index contributed by atoms with van der Waals surface area (Å²) in [7, 11) is -3.44. The molecule has 2 heterocycles. The quantitative estimate of drug-likeness (QED) is 0.398. The molecule has 1 saturated carbocycles. The molecule has 3 fully saturated rings. The Bertz CT molecular complexity index is 1240. The van der Waals surface area contributed by atoms with Gasteiger partial charge in [-0.15, -0.1) is 0 Å². The second-order valence-electron chi connectivity index (χ2n) is 11.7. The molecule has 212 valence electrons. The van der Waals surface area contributed by atoms with E-state index in [1.54, 1.807) is 12.1 Å². The zero-order chi connectivity index (χ0) is 27.6. The normalized spacial score (nSPS) is 24.2. The highest BCUT2D eigenvalue weighted by Crippen LogP contribution is 2.39. The highest BCUT2D eigenvalue weighted by atomic mass is 32.2. The number of nitrogens with zero attached hydrogens (tertiary/aromatic N) is 2. The molecule has 3 unspecified atom stereocenters. The van der Waals surface area contributed by atoms with Gasteiger partial charge in [0.1, 0.15) is 17.7 Å². The van der Waals surface area contributed by atoms with Gasteiger partial charge in [-0.3, -0.25) is 9.69 Å². The zero-order valence-electron chi connectivity index (χ0n) is 22.2. The van der Waals surface area contributed by atoms with Gasteiger partial charge in [-0.2, -0.15) is 0 Å². The molecule has 0 bridgehead atoms. The Labute approximate surface area is 229 Å². The third-order valence-electron chi connectivity index (χ3n) is 8.89. The molecule has 0 radical (unpaired) electrons. The van der Waals surface area contributed by atoms with Crippen molar-refractivity contribution in [3.05, 3.63) is 65.7 Å². The molecule has 1 N–H and O–H groups in total. The first-order valence-electron chi connectivity index (χ1n) is 14.1. The van der Waals surface area contributed by atoms with Gasteiger partial charge < -0.3 is 10.0 Å². The van der Waals surface area contributed by atoms with Crippen molar-refractivity contribution in [2.24, 2.45) is 17.8 Å². The van der Waals surface area contributed by atoms with E-state index in [1.165, 1.54) is 30.3 Å². The summed E-state index contributed by atoms with van der Waals surface area (Å²) in [5.41, 5.74) is 0.930. The lowest BCUT2D eigenvalue weighted by atomic mass is 9.87. The van der Waals surface area contributed by atoms with Crippen molar-refractivity contribution >= 4 is 15.8 Å². The molecule has 3 atom stereocenters. The van der Waals surface area contributed by atoms with Crippen LogP contribution >= 0.6 is 0 Å². The Kier molecular flexibility index (Phi) is 8.69. The maximum Gasteiger partial charge on any atom is 0.320 e. The molecular weight excluding hydrogens is 522 g/mol. The fourth-order valence-corrected chi connectivity index (χ4v) is 7.84. The van der Waals surface area contributed by atoms with E-state index < -0.39 is 27.7 Å². The molecule has 2 aliphatic heterocycles. The van der Waals surface area contributed by atoms with Crippen LogP contribution in [0.5, 0.6) is 0 Å². The third-order valence-corrected chi connectivity index (χ3v) is 10.7. The van der Waals surface area contributed by atoms with E-state index in [0.717, 1.165) is 50.9 Å². The fourth-order valence-electron chi connectivity index (χ4n) is 6.41. The summed E-state index contributed by atoms with van der Waals surface area (Å²) in [5, 5.41) is 9.97. The van der Waals surface area contributed by atoms with E-state index in [-0.39, 0.29) is 28.3 Å². The second-order valence-corrected chi connectivity index (χ2v) is 13.8. The fraction of sp³-hybridized carbons (Fsp3) is 0.567. The van der Waals surface area contributed by atoms with Crippen LogP contribution in [-0.4, -0.2) is 73.8 Å². The number of piperidine rings is 1. The lowest BCUT2D eigenvalue weighted by Crippen LogP contribution is -2.42. The summed E-state index contributed by atoms with van der Waals surface area (Å²) in [6, 6.07) is 11.2. The number of hydrogen-bond acceptors (Lipinski definition) is 5. The molecule has 2 aromatic carbocycles. The number of benzene rings is 2. The van der Waals surface area contributed by atoms with Crippen LogP contribution in [0, 0.1) is 29.4 Å². The molecule has 39 heavy (non-hydrogen) atoms. The minimum absolute atomic E-state index is 0.0557. The summed E-state index contributed by atoms with van der Waals surface area (Å²) < 4.78 is 52.6. The summed E-state index contributed by atoms with van der Waals surface area (Å²) >= 11 is 0. The van der Waals surface area contributed by atoms with Gasteiger partial charge in [0.05, 0.1) is 10.6 Å². The Morgan fingerprint density at radius 2 is 1.67 bits per heavy atom. The van der Waals surface area contributed by atoms with Crippen LogP contribution in [-0.2, 0) is 14.6 Å². The number of rotatable bonds is 11. The van der Waals surface area contributed by atoms with E-state index in [1.807, 2.05) is 6.07 Å². The number of hydrogen-bond donors (Lipinski definition) is 1. The number of sulfone groups is 1. The molecule has 5 rings (SSSR count). The van der Waals surface area contributed by atoms with Gasteiger partial charge in [-0.05, 0) is 98.5 Å². The highest BCUT2D eigenvalue weighted by Gasteiger charge is 2.42. The van der Waals surface area contributed by atoms with Crippen molar-refractivity contribution < 1.29 is 27.1 Å². The van der Waals surface area contributed by atoms with Gasteiger partial charge in [0.15, 0.2) is 9.84 Å². The smallest absolute Gasteiger partial charge is 0.320 e. The number of likely N-dealkylation sites (tertiary alicyclic amines) is 2. The summed E-state index contributed by atoms with van der Waals surface area (Å²) in [5.74, 6) is -0.351. The molecule has 0 amide bonds. The lowest BCUT2D eigenvalue weighted by Gasteiger charge is -2.35. The van der Waals surface area contributed by atoms with Crippen LogP contribution < -0.4 is 0 Å². The number of carbonyl (C=O) groups is 1. The van der Waals surface area contributed by atoms with E-state index in [0.29, 0.717) is 37.8 Å². The maximum atomic E-state index is 14.1. The summed E-state index contributed by atoms with van der Waals surface area (Å²) in [6.45, 7) is 3.83. The van der Waals surface area contributed by atoms with Gasteiger partial charge in [0.25, 0.3) is 0 Å². The van der Waals surface area contributed by atoms with Gasteiger partial charge in [-0.25, -0.2) is 17.2 Å². The van der Waals surface area contributed by atoms with E-state index in [4.69, 9.17) is 0 Å². The largest absolute Gasteiger partial charge is 0.480 e. The van der Waals surface area contributed by atoms with Crippen molar-refractivity contribution in [3.63, 3.8) is 0 Å². The average Bonchev–Trinajstić information content (AvgIpc) is 3.65. The third kappa shape index (κ3) is 7.24. The van der Waals surface area contributed by atoms with Crippen LogP contribution in [0.25, 0.3) is 0 Å². The molecule has 2 aromatic rings. The van der Waals surface area contributed by atoms with Crippen LogP contribution in [0.3, 0.4) is 0 Å². The first-order chi connectivity index (χ1) is 18.7. The molecule has 0 spiro atoms. The zero-order valence-corrected chi connectivity index (χ0v) is 23.0. The lowest BCUT2D eigenvalue weighted by molar-refractivity contribution is -0.143. The molecule has 1 aliphatic carbocycles. The van der Waals surface area contributed by atoms with Gasteiger partial charge >= 0.3 is 5.97 Å². The standard InChI is InChI=1S/C30H38F2N2O4S/c31-25-6-8-27(9-7-25)39(37,38)15-12-21-10-13-33(14-11-21)18-24-19-34(29(30(35)36)16-22-4-5-22)20-28(24)23-2-1-3-26(32)17-23/h1-3,6-9,17,21-22,24,28-29H,4-5,10-16,18-20H2,(H,35,36). The summed E-state index contributed by atoms with van der Waals surface area (Å²) in [6.07, 6.45) is 5.28. The highest BCUT2D eigenvalue weighted by molar-refractivity contribution is 7.91. The topological polar surface area (TPSA) is 77.9 Å². The Morgan fingerprint density at radius 1 is 0.949 bits per heavy atom. The maximum absolute atomic E-state index is 14.1. The van der Waals surface area contributed by atoms with Gasteiger partial charge in [0.2, 0.25) is 0 Å². The Morgan fingerprint density at radius 3 is 2.31 bits per heavy atom. The van der Waals surface area contributed by atoms with Crippen molar-refractivity contribution in [2.75, 3.05) is 38.5 Å². The molecule has 6 nitrogen and oxygen atoms in total. The number of aliphatic carboxylic acids is 1. The van der Waals surface area contributed by atoms with Crippen molar-refractivity contribution in [2.45, 2.75) is 55.4 Å². The minimum Gasteiger partial charge on any atom is -0.480 e. The average molecular weight is 561 g/mol. The van der Waals surface area contributed by atoms with Crippen LogP contribution in [0.2, 0.25) is 0 Å². The van der Waals surface area contributed by atoms with Crippen LogP contribution in [0.4, 0.5) is 8.78 Å². The van der Waals surface area contributed by atoms with Gasteiger partial charge in [0, 0.05) is 25.6 Å². The minimum atomic E-state index is -3.44. The van der Waals surface area contributed by atoms with Crippen LogP contribution in [0.1, 0.15) is 50.0 Å². The van der Waals surface area contributed by atoms with E-state index in [9.17, 15) is 27.1 Å².